The molecule has 5 heteroatoms. The number of hydrogen-bond donors (Lipinski definition) is 0. The Morgan fingerprint density at radius 3 is 2.72 bits per heavy atom. The number of rotatable bonds is 2. The molecular weight excluding hydrogens is 269 g/mol. The monoisotopic (exact) mass is 279 g/mol. The molecule has 0 amide bonds. The topological polar surface area (TPSA) is 28.0 Å². The molecule has 2 rings (SSSR count). The smallest absolute Gasteiger partial charge is 0.0952 e. The molecule has 18 heavy (non-hydrogen) atoms. The zero-order chi connectivity index (χ0) is 13.3. The molecule has 0 spiro atoms. The summed E-state index contributed by atoms with van der Waals surface area (Å²) in [5.74, 6) is 0. The Morgan fingerprint density at radius 1 is 1.33 bits per heavy atom. The lowest BCUT2D eigenvalue weighted by Crippen LogP contribution is -2.19. The SMILES string of the molecule is C=NN1C(=C)C=NC(C)=C1c1cccc(Cl)c1Cl. The zero-order valence-electron chi connectivity index (χ0n) is 9.82. The molecule has 0 atom stereocenters. The van der Waals surface area contributed by atoms with E-state index in [1.807, 2.05) is 19.1 Å². The van der Waals surface area contributed by atoms with Gasteiger partial charge in [0.05, 0.1) is 33.4 Å². The first-order valence-corrected chi connectivity index (χ1v) is 5.97. The van der Waals surface area contributed by atoms with Gasteiger partial charge in [-0.25, -0.2) is 5.01 Å². The number of hydrogen-bond acceptors (Lipinski definition) is 3. The van der Waals surface area contributed by atoms with Gasteiger partial charge in [0.1, 0.15) is 0 Å². The summed E-state index contributed by atoms with van der Waals surface area (Å²) in [6.07, 6.45) is 1.63. The molecule has 1 heterocycles. The average molecular weight is 280 g/mol. The second kappa shape index (κ2) is 4.96. The van der Waals surface area contributed by atoms with Gasteiger partial charge < -0.3 is 0 Å². The Hall–Kier alpha value is -1.58. The normalized spacial score (nSPS) is 15.3. The van der Waals surface area contributed by atoms with Gasteiger partial charge in [0.2, 0.25) is 0 Å². The van der Waals surface area contributed by atoms with E-state index in [4.69, 9.17) is 23.2 Å². The van der Waals surface area contributed by atoms with E-state index >= 15 is 0 Å². The van der Waals surface area contributed by atoms with Crippen LogP contribution in [0, 0.1) is 0 Å². The fourth-order valence-electron chi connectivity index (χ4n) is 1.74. The van der Waals surface area contributed by atoms with Gasteiger partial charge in [-0.3, -0.25) is 4.99 Å². The molecular formula is C13H11Cl2N3. The summed E-state index contributed by atoms with van der Waals surface area (Å²) in [6.45, 7) is 9.27. The molecule has 0 fully saturated rings. The third-order valence-electron chi connectivity index (χ3n) is 2.58. The number of aliphatic imine (C=N–C) groups is 1. The van der Waals surface area contributed by atoms with E-state index in [1.165, 1.54) is 0 Å². The maximum absolute atomic E-state index is 6.23. The van der Waals surface area contributed by atoms with Crippen molar-refractivity contribution < 1.29 is 0 Å². The summed E-state index contributed by atoms with van der Waals surface area (Å²) >= 11 is 12.3. The number of benzene rings is 1. The van der Waals surface area contributed by atoms with Crippen molar-refractivity contribution >= 4 is 41.8 Å². The van der Waals surface area contributed by atoms with E-state index < -0.39 is 0 Å². The lowest BCUT2D eigenvalue weighted by Gasteiger charge is -2.26. The minimum absolute atomic E-state index is 0.465. The number of hydrazone groups is 1. The average Bonchev–Trinajstić information content (AvgIpc) is 2.36. The fourth-order valence-corrected chi connectivity index (χ4v) is 2.13. The predicted molar refractivity (Wildman–Crippen MR) is 78.1 cm³/mol. The van der Waals surface area contributed by atoms with Crippen LogP contribution in [0.1, 0.15) is 12.5 Å². The summed E-state index contributed by atoms with van der Waals surface area (Å²) in [5.41, 5.74) is 2.90. The summed E-state index contributed by atoms with van der Waals surface area (Å²) in [7, 11) is 0. The predicted octanol–water partition coefficient (Wildman–Crippen LogP) is 4.20. The van der Waals surface area contributed by atoms with E-state index in [0.717, 1.165) is 17.0 Å². The molecule has 1 aliphatic rings. The minimum atomic E-state index is 0.465. The first kappa shape index (κ1) is 12.9. The van der Waals surface area contributed by atoms with Gasteiger partial charge in [-0.05, 0) is 13.0 Å². The van der Waals surface area contributed by atoms with Gasteiger partial charge in [0, 0.05) is 12.3 Å². The number of nitrogens with zero attached hydrogens (tertiary/aromatic N) is 3. The van der Waals surface area contributed by atoms with Crippen LogP contribution in [0.15, 0.2) is 46.3 Å². The quantitative estimate of drug-likeness (QED) is 0.746. The summed E-state index contributed by atoms with van der Waals surface area (Å²) in [4.78, 5) is 4.26. The third kappa shape index (κ3) is 2.07. The van der Waals surface area contributed by atoms with Crippen LogP contribution >= 0.6 is 23.2 Å². The number of allylic oxidation sites excluding steroid dienone is 2. The fraction of sp³-hybridized carbons (Fsp3) is 0.0769. The molecule has 0 aromatic heterocycles. The minimum Gasteiger partial charge on any atom is -0.257 e. The van der Waals surface area contributed by atoms with Crippen LogP contribution in [0.4, 0.5) is 0 Å². The molecule has 0 unspecified atom stereocenters. The van der Waals surface area contributed by atoms with Crippen molar-refractivity contribution in [2.75, 3.05) is 0 Å². The summed E-state index contributed by atoms with van der Waals surface area (Å²) in [6, 6.07) is 5.42. The van der Waals surface area contributed by atoms with Crippen LogP contribution in [-0.2, 0) is 0 Å². The van der Waals surface area contributed by atoms with Crippen molar-refractivity contribution in [2.45, 2.75) is 6.92 Å². The molecule has 1 aliphatic heterocycles. The summed E-state index contributed by atoms with van der Waals surface area (Å²) in [5, 5.41) is 6.49. The first-order chi connectivity index (χ1) is 8.56. The second-order valence-corrected chi connectivity index (χ2v) is 4.52. The molecule has 0 saturated carbocycles. The molecule has 1 aromatic carbocycles. The number of halogens is 2. The highest BCUT2D eigenvalue weighted by molar-refractivity contribution is 6.43. The van der Waals surface area contributed by atoms with E-state index in [2.05, 4.69) is 23.4 Å². The van der Waals surface area contributed by atoms with Crippen molar-refractivity contribution in [3.05, 3.63) is 51.8 Å². The maximum atomic E-state index is 6.23. The Labute approximate surface area is 116 Å². The molecule has 0 radical (unpaired) electrons. The highest BCUT2D eigenvalue weighted by Crippen LogP contribution is 2.36. The van der Waals surface area contributed by atoms with Gasteiger partial charge in [-0.2, -0.15) is 5.10 Å². The van der Waals surface area contributed by atoms with E-state index in [1.54, 1.807) is 17.3 Å². The highest BCUT2D eigenvalue weighted by atomic mass is 35.5. The van der Waals surface area contributed by atoms with Crippen LogP contribution in [0.2, 0.25) is 10.0 Å². The van der Waals surface area contributed by atoms with E-state index in [9.17, 15) is 0 Å². The van der Waals surface area contributed by atoms with Crippen LogP contribution in [0.25, 0.3) is 5.70 Å². The van der Waals surface area contributed by atoms with Crippen LogP contribution < -0.4 is 0 Å². The Morgan fingerprint density at radius 2 is 2.06 bits per heavy atom. The Balaban J connectivity index is 2.66. The summed E-state index contributed by atoms with van der Waals surface area (Å²) < 4.78 is 0. The molecule has 0 aliphatic carbocycles. The van der Waals surface area contributed by atoms with Gasteiger partial charge in [0.25, 0.3) is 0 Å². The Kier molecular flexibility index (Phi) is 3.55. The van der Waals surface area contributed by atoms with Crippen LogP contribution in [0.5, 0.6) is 0 Å². The van der Waals surface area contributed by atoms with Crippen molar-refractivity contribution in [2.24, 2.45) is 10.1 Å². The van der Waals surface area contributed by atoms with E-state index in [0.29, 0.717) is 15.7 Å². The van der Waals surface area contributed by atoms with Gasteiger partial charge in [-0.15, -0.1) is 0 Å². The van der Waals surface area contributed by atoms with Gasteiger partial charge in [-0.1, -0.05) is 41.9 Å². The lowest BCUT2D eigenvalue weighted by molar-refractivity contribution is 0.549. The standard InChI is InChI=1S/C13H11Cl2N3/c1-8-7-17-9(2)13(18(8)16-3)10-5-4-6-11(14)12(10)15/h4-7H,1,3H2,2H3. The zero-order valence-corrected chi connectivity index (χ0v) is 11.3. The highest BCUT2D eigenvalue weighted by Gasteiger charge is 2.22. The second-order valence-electron chi connectivity index (χ2n) is 3.74. The van der Waals surface area contributed by atoms with Crippen molar-refractivity contribution in [3.63, 3.8) is 0 Å². The van der Waals surface area contributed by atoms with Crippen molar-refractivity contribution in [1.29, 1.82) is 0 Å². The van der Waals surface area contributed by atoms with Crippen LogP contribution in [-0.4, -0.2) is 17.9 Å². The third-order valence-corrected chi connectivity index (χ3v) is 3.40. The molecule has 0 bridgehead atoms. The largest absolute Gasteiger partial charge is 0.257 e. The molecule has 92 valence electrons. The maximum Gasteiger partial charge on any atom is 0.0952 e. The van der Waals surface area contributed by atoms with Gasteiger partial charge in [0.15, 0.2) is 0 Å². The van der Waals surface area contributed by atoms with E-state index in [-0.39, 0.29) is 0 Å². The lowest BCUT2D eigenvalue weighted by atomic mass is 10.1. The van der Waals surface area contributed by atoms with Gasteiger partial charge >= 0.3 is 0 Å². The van der Waals surface area contributed by atoms with Crippen molar-refractivity contribution in [3.8, 4) is 0 Å². The molecule has 0 N–H and O–H groups in total. The van der Waals surface area contributed by atoms with Crippen molar-refractivity contribution in [1.82, 2.24) is 5.01 Å². The molecule has 1 aromatic rings. The van der Waals surface area contributed by atoms with Crippen LogP contribution in [0.3, 0.4) is 0 Å². The first-order valence-electron chi connectivity index (χ1n) is 5.21. The Bertz CT molecular complexity index is 588. The molecule has 0 saturated heterocycles. The molecule has 3 nitrogen and oxygen atoms in total.